The quantitative estimate of drug-likeness (QED) is 0.787. The number of carbonyl (C=O) groups excluding carboxylic acids is 2. The van der Waals surface area contributed by atoms with Crippen molar-refractivity contribution in [3.05, 3.63) is 47.2 Å². The van der Waals surface area contributed by atoms with Crippen molar-refractivity contribution in [1.82, 2.24) is 14.5 Å². The number of aromatic nitrogens is 2. The average molecular weight is 436 g/mol. The largest absolute Gasteiger partial charge is 0.339 e. The minimum Gasteiger partial charge on any atom is -0.339 e. The smallest absolute Gasteiger partial charge is 0.255 e. The number of carbonyl (C=O) groups is 2. The van der Waals surface area contributed by atoms with Crippen molar-refractivity contribution in [3.63, 3.8) is 0 Å². The van der Waals surface area contributed by atoms with Gasteiger partial charge in [-0.3, -0.25) is 19.6 Å². The minimum atomic E-state index is -0.119. The predicted molar refractivity (Wildman–Crippen MR) is 124 cm³/mol. The number of nitrogens with zero attached hydrogens (tertiary/aromatic N) is 4. The Balaban J connectivity index is 1.58. The van der Waals surface area contributed by atoms with E-state index in [1.807, 2.05) is 30.9 Å². The van der Waals surface area contributed by atoms with E-state index in [1.165, 1.54) is 4.57 Å². The maximum absolute atomic E-state index is 13.0. The molecule has 0 bridgehead atoms. The maximum Gasteiger partial charge on any atom is 0.255 e. The van der Waals surface area contributed by atoms with Crippen LogP contribution in [0.5, 0.6) is 0 Å². The third-order valence-electron chi connectivity index (χ3n) is 6.87. The van der Waals surface area contributed by atoms with Gasteiger partial charge in [0.1, 0.15) is 11.3 Å². The molecule has 1 N–H and O–H groups in total. The zero-order chi connectivity index (χ0) is 22.8. The number of pyridine rings is 2. The van der Waals surface area contributed by atoms with Gasteiger partial charge in [0, 0.05) is 49.7 Å². The summed E-state index contributed by atoms with van der Waals surface area (Å²) in [4.78, 5) is 34.2. The third-order valence-corrected chi connectivity index (χ3v) is 6.87. The normalized spacial score (nSPS) is 17.7. The van der Waals surface area contributed by atoms with Crippen LogP contribution in [0.1, 0.15) is 67.2 Å². The van der Waals surface area contributed by atoms with Crippen LogP contribution in [0.4, 0.5) is 11.5 Å². The summed E-state index contributed by atoms with van der Waals surface area (Å²) in [5.74, 6) is 1.41. The van der Waals surface area contributed by atoms with Crippen molar-refractivity contribution in [3.8, 4) is 0 Å². The molecule has 2 aliphatic rings. The molecule has 1 saturated heterocycles. The van der Waals surface area contributed by atoms with Gasteiger partial charge in [-0.05, 0) is 55.7 Å². The highest BCUT2D eigenvalue weighted by Crippen LogP contribution is 2.32. The number of amides is 1. The molecule has 32 heavy (non-hydrogen) atoms. The van der Waals surface area contributed by atoms with Crippen molar-refractivity contribution >= 4 is 23.3 Å². The Morgan fingerprint density at radius 3 is 2.66 bits per heavy atom. The summed E-state index contributed by atoms with van der Waals surface area (Å²) in [6.07, 6.45) is 8.06. The van der Waals surface area contributed by atoms with Crippen LogP contribution in [0, 0.1) is 17.2 Å². The highest BCUT2D eigenvalue weighted by Gasteiger charge is 2.25. The van der Waals surface area contributed by atoms with Gasteiger partial charge >= 0.3 is 0 Å². The van der Waals surface area contributed by atoms with E-state index < -0.39 is 0 Å². The van der Waals surface area contributed by atoms with Crippen LogP contribution in [0.15, 0.2) is 30.6 Å². The Hall–Kier alpha value is -2.96. The molecule has 0 aliphatic carbocycles. The molecule has 4 heterocycles. The number of fused-ring (bicyclic) bond motifs is 1. The number of likely N-dealkylation sites (tertiary alicyclic amines) is 1. The number of hydrogen-bond acceptors (Lipinski definition) is 5. The highest BCUT2D eigenvalue weighted by molar-refractivity contribution is 5.94. The average Bonchev–Trinajstić information content (AvgIpc) is 2.82. The second-order valence-corrected chi connectivity index (χ2v) is 9.22. The van der Waals surface area contributed by atoms with Crippen LogP contribution in [0.2, 0.25) is 0 Å². The molecular formula is C25H33N5O2. The molecule has 0 spiro atoms. The molecule has 1 fully saturated rings. The number of aryl methyl sites for hydroxylation is 1. The molecule has 170 valence electrons. The molecule has 0 radical (unpaired) electrons. The lowest BCUT2D eigenvalue weighted by Gasteiger charge is -2.32. The fourth-order valence-corrected chi connectivity index (χ4v) is 4.49. The van der Waals surface area contributed by atoms with Gasteiger partial charge in [-0.2, -0.15) is 0 Å². The van der Waals surface area contributed by atoms with Gasteiger partial charge in [-0.1, -0.05) is 20.8 Å². The fourth-order valence-electron chi connectivity index (χ4n) is 4.49. The van der Waals surface area contributed by atoms with E-state index in [4.69, 9.17) is 5.41 Å². The van der Waals surface area contributed by atoms with E-state index in [1.54, 1.807) is 18.5 Å². The molecule has 1 unspecified atom stereocenters. The summed E-state index contributed by atoms with van der Waals surface area (Å²) in [5.41, 5.74) is 2.74. The topological polar surface area (TPSA) is 82.3 Å². The molecule has 2 aliphatic heterocycles. The van der Waals surface area contributed by atoms with Gasteiger partial charge in [-0.15, -0.1) is 0 Å². The Labute approximate surface area is 189 Å². The van der Waals surface area contributed by atoms with Crippen molar-refractivity contribution < 1.29 is 9.59 Å². The van der Waals surface area contributed by atoms with Gasteiger partial charge in [0.25, 0.3) is 5.91 Å². The standard InChI is InChI=1S/C25H33N5O2/c1-4-18(3)24(31)30-13-9-21(15-22(30)26)29-10-5-6-19-14-20(16-27-23(19)29)25(32)28-11-7-17(2)8-12-28/h9,13-18,26H,4-8,10-12H2,1-3H3. The van der Waals surface area contributed by atoms with Crippen LogP contribution < -0.4 is 10.4 Å². The third kappa shape index (κ3) is 4.33. The lowest BCUT2D eigenvalue weighted by Crippen LogP contribution is -2.38. The Bertz CT molecular complexity index is 1070. The van der Waals surface area contributed by atoms with Crippen LogP contribution in [-0.2, 0) is 6.42 Å². The first-order chi connectivity index (χ1) is 15.4. The monoisotopic (exact) mass is 435 g/mol. The highest BCUT2D eigenvalue weighted by atomic mass is 16.2. The first-order valence-corrected chi connectivity index (χ1v) is 11.8. The second kappa shape index (κ2) is 9.27. The zero-order valence-electron chi connectivity index (χ0n) is 19.3. The van der Waals surface area contributed by atoms with E-state index in [0.717, 1.165) is 68.8 Å². The van der Waals surface area contributed by atoms with E-state index in [-0.39, 0.29) is 23.2 Å². The second-order valence-electron chi connectivity index (χ2n) is 9.22. The SMILES string of the molecule is CCC(C)C(=O)n1ccc(N2CCCc3cc(C(=O)N4CCC(C)CC4)cnc32)cc1=N. The number of hydrogen-bond donors (Lipinski definition) is 1. The molecule has 1 amide bonds. The van der Waals surface area contributed by atoms with Crippen molar-refractivity contribution in [1.29, 1.82) is 5.41 Å². The molecule has 2 aromatic rings. The lowest BCUT2D eigenvalue weighted by atomic mass is 9.98. The fraction of sp³-hybridized carbons (Fsp3) is 0.520. The minimum absolute atomic E-state index is 0.0588. The van der Waals surface area contributed by atoms with Crippen LogP contribution in [-0.4, -0.2) is 45.9 Å². The Kier molecular flexibility index (Phi) is 6.44. The van der Waals surface area contributed by atoms with Crippen molar-refractivity contribution in [2.24, 2.45) is 11.8 Å². The summed E-state index contributed by atoms with van der Waals surface area (Å²) in [6.45, 7) is 8.52. The van der Waals surface area contributed by atoms with Crippen LogP contribution >= 0.6 is 0 Å². The molecule has 7 nitrogen and oxygen atoms in total. The van der Waals surface area contributed by atoms with Gasteiger partial charge in [0.15, 0.2) is 0 Å². The predicted octanol–water partition coefficient (Wildman–Crippen LogP) is 4.01. The molecule has 0 saturated carbocycles. The van der Waals surface area contributed by atoms with Crippen LogP contribution in [0.3, 0.4) is 0 Å². The van der Waals surface area contributed by atoms with Gasteiger partial charge in [0.05, 0.1) is 5.56 Å². The molecular weight excluding hydrogens is 402 g/mol. The lowest BCUT2D eigenvalue weighted by molar-refractivity contribution is 0.0696. The van der Waals surface area contributed by atoms with E-state index in [9.17, 15) is 9.59 Å². The maximum atomic E-state index is 13.0. The zero-order valence-corrected chi connectivity index (χ0v) is 19.3. The van der Waals surface area contributed by atoms with Crippen LogP contribution in [0.25, 0.3) is 0 Å². The van der Waals surface area contributed by atoms with Gasteiger partial charge in [0.2, 0.25) is 5.91 Å². The summed E-state index contributed by atoms with van der Waals surface area (Å²) in [6, 6.07) is 5.60. The van der Waals surface area contributed by atoms with Crippen molar-refractivity contribution in [2.45, 2.75) is 52.9 Å². The first-order valence-electron chi connectivity index (χ1n) is 11.8. The molecule has 2 aromatic heterocycles. The summed E-state index contributed by atoms with van der Waals surface area (Å²) in [5, 5.41) is 8.38. The number of anilines is 2. The van der Waals surface area contributed by atoms with Gasteiger partial charge < -0.3 is 9.80 Å². The number of piperidine rings is 1. The summed E-state index contributed by atoms with van der Waals surface area (Å²) < 4.78 is 1.41. The van der Waals surface area contributed by atoms with E-state index in [2.05, 4.69) is 16.8 Å². The Morgan fingerprint density at radius 1 is 1.22 bits per heavy atom. The molecule has 7 heteroatoms. The number of nitrogens with one attached hydrogen (secondary N) is 1. The molecule has 1 atom stereocenters. The van der Waals surface area contributed by atoms with Gasteiger partial charge in [-0.25, -0.2) is 4.98 Å². The Morgan fingerprint density at radius 2 is 1.97 bits per heavy atom. The summed E-state index contributed by atoms with van der Waals surface area (Å²) in [7, 11) is 0. The molecule has 0 aromatic carbocycles. The first kappa shape index (κ1) is 22.2. The van der Waals surface area contributed by atoms with E-state index in [0.29, 0.717) is 11.5 Å². The molecule has 4 rings (SSSR count). The van der Waals surface area contributed by atoms with Crippen molar-refractivity contribution in [2.75, 3.05) is 24.5 Å². The van der Waals surface area contributed by atoms with E-state index >= 15 is 0 Å². The number of rotatable bonds is 4. The summed E-state index contributed by atoms with van der Waals surface area (Å²) >= 11 is 0.